The normalized spacial score (nSPS) is 11.6. The number of carbonyl (C=O) groups excluding carboxylic acids is 3. The molecule has 0 radical (unpaired) electrons. The van der Waals surface area contributed by atoms with Crippen LogP contribution in [0.25, 0.3) is 21.8 Å². The number of fused-ring (bicyclic) bond motifs is 3. The molecule has 0 saturated carbocycles. The highest BCUT2D eigenvalue weighted by atomic mass is 16.7. The van der Waals surface area contributed by atoms with Crippen molar-refractivity contribution in [3.63, 3.8) is 0 Å². The molecular formula is C32H26N2O4. The zero-order chi connectivity index (χ0) is 26.8. The number of aromatic nitrogens is 1. The van der Waals surface area contributed by atoms with Gasteiger partial charge in [-0.1, -0.05) is 59.8 Å². The Labute approximate surface area is 220 Å². The van der Waals surface area contributed by atoms with E-state index in [1.165, 1.54) is 6.92 Å². The minimum absolute atomic E-state index is 0.0369. The number of benzene rings is 4. The van der Waals surface area contributed by atoms with Crippen LogP contribution in [0.2, 0.25) is 0 Å². The van der Waals surface area contributed by atoms with Crippen molar-refractivity contribution < 1.29 is 19.2 Å². The Morgan fingerprint density at radius 3 is 2.00 bits per heavy atom. The Bertz CT molecular complexity index is 1750. The summed E-state index contributed by atoms with van der Waals surface area (Å²) in [6.45, 7) is 5.94. The van der Waals surface area contributed by atoms with E-state index in [1.54, 1.807) is 30.3 Å². The number of Topliss-reactive ketones (excluding diaryl/α,β-unsaturated/α-hetero) is 1. The molecule has 0 aliphatic heterocycles. The van der Waals surface area contributed by atoms with Crippen LogP contribution in [0, 0.1) is 6.92 Å². The predicted octanol–water partition coefficient (Wildman–Crippen LogP) is 6.50. The first-order valence-electron chi connectivity index (χ1n) is 12.4. The van der Waals surface area contributed by atoms with Crippen LogP contribution in [-0.2, 0) is 16.2 Å². The molecule has 0 N–H and O–H groups in total. The molecule has 4 aromatic carbocycles. The monoisotopic (exact) mass is 502 g/mol. The lowest BCUT2D eigenvalue weighted by molar-refractivity contribution is -0.140. The van der Waals surface area contributed by atoms with E-state index in [1.807, 2.05) is 67.6 Å². The summed E-state index contributed by atoms with van der Waals surface area (Å²) >= 11 is 0. The highest BCUT2D eigenvalue weighted by Gasteiger charge is 2.21. The van der Waals surface area contributed by atoms with Crippen molar-refractivity contribution in [3.05, 3.63) is 119 Å². The maximum absolute atomic E-state index is 13.6. The van der Waals surface area contributed by atoms with Gasteiger partial charge in [-0.25, -0.2) is 4.79 Å². The van der Waals surface area contributed by atoms with Gasteiger partial charge in [0.15, 0.2) is 11.5 Å². The van der Waals surface area contributed by atoms with Gasteiger partial charge in [0.25, 0.3) is 0 Å². The van der Waals surface area contributed by atoms with Crippen LogP contribution in [0.1, 0.15) is 51.3 Å². The molecule has 1 heterocycles. The first kappa shape index (κ1) is 24.8. The third-order valence-electron chi connectivity index (χ3n) is 6.62. The topological polar surface area (TPSA) is 77.7 Å². The zero-order valence-corrected chi connectivity index (χ0v) is 21.4. The predicted molar refractivity (Wildman–Crippen MR) is 149 cm³/mol. The van der Waals surface area contributed by atoms with E-state index in [0.717, 1.165) is 33.9 Å². The van der Waals surface area contributed by atoms with E-state index in [2.05, 4.69) is 16.6 Å². The van der Waals surface area contributed by atoms with Gasteiger partial charge in [-0.3, -0.25) is 9.59 Å². The van der Waals surface area contributed by atoms with Crippen LogP contribution in [0.3, 0.4) is 0 Å². The maximum atomic E-state index is 13.6. The number of hydrogen-bond donors (Lipinski definition) is 0. The van der Waals surface area contributed by atoms with E-state index in [-0.39, 0.29) is 17.3 Å². The molecule has 0 atom stereocenters. The summed E-state index contributed by atoms with van der Waals surface area (Å²) in [6.07, 6.45) is 0. The van der Waals surface area contributed by atoms with Gasteiger partial charge >= 0.3 is 5.97 Å². The molecule has 0 aliphatic carbocycles. The van der Waals surface area contributed by atoms with Gasteiger partial charge < -0.3 is 9.40 Å². The number of rotatable bonds is 7. The van der Waals surface area contributed by atoms with Gasteiger partial charge in [0.2, 0.25) is 5.78 Å². The number of aryl methyl sites for hydroxylation is 2. The minimum Gasteiger partial charge on any atom is -0.341 e. The van der Waals surface area contributed by atoms with Crippen LogP contribution in [0.15, 0.2) is 96.2 Å². The average Bonchev–Trinajstić information content (AvgIpc) is 3.25. The Kier molecular flexibility index (Phi) is 6.71. The summed E-state index contributed by atoms with van der Waals surface area (Å²) in [6, 6.07) is 27.6. The number of hydrogen-bond acceptors (Lipinski definition) is 5. The molecule has 0 fully saturated rings. The molecule has 0 saturated heterocycles. The Morgan fingerprint density at radius 2 is 1.37 bits per heavy atom. The van der Waals surface area contributed by atoms with Crippen LogP contribution >= 0.6 is 0 Å². The molecule has 5 aromatic rings. The van der Waals surface area contributed by atoms with Crippen molar-refractivity contribution in [1.82, 2.24) is 4.57 Å². The molecule has 188 valence electrons. The van der Waals surface area contributed by atoms with Crippen molar-refractivity contribution in [2.45, 2.75) is 27.3 Å². The zero-order valence-electron chi connectivity index (χ0n) is 21.4. The van der Waals surface area contributed by atoms with Gasteiger partial charge in [0.1, 0.15) is 0 Å². The fourth-order valence-electron chi connectivity index (χ4n) is 4.78. The smallest absolute Gasteiger partial charge is 0.332 e. The largest absolute Gasteiger partial charge is 0.341 e. The highest BCUT2D eigenvalue weighted by Crippen LogP contribution is 2.32. The molecule has 0 amide bonds. The van der Waals surface area contributed by atoms with Crippen LogP contribution < -0.4 is 0 Å². The Hall–Kier alpha value is -4.84. The Morgan fingerprint density at radius 1 is 0.763 bits per heavy atom. The summed E-state index contributed by atoms with van der Waals surface area (Å²) in [4.78, 5) is 43.3. The lowest BCUT2D eigenvalue weighted by atomic mass is 9.97. The van der Waals surface area contributed by atoms with Crippen LogP contribution in [0.5, 0.6) is 0 Å². The van der Waals surface area contributed by atoms with Gasteiger partial charge in [0.05, 0.1) is 0 Å². The van der Waals surface area contributed by atoms with Crippen molar-refractivity contribution in [1.29, 1.82) is 0 Å². The summed E-state index contributed by atoms with van der Waals surface area (Å²) in [5.74, 6) is -1.03. The summed E-state index contributed by atoms with van der Waals surface area (Å²) in [7, 11) is 0. The van der Waals surface area contributed by atoms with E-state index in [0.29, 0.717) is 22.3 Å². The molecule has 6 heteroatoms. The van der Waals surface area contributed by atoms with Crippen molar-refractivity contribution in [2.24, 2.45) is 5.16 Å². The summed E-state index contributed by atoms with van der Waals surface area (Å²) in [5.41, 5.74) is 5.08. The van der Waals surface area contributed by atoms with Gasteiger partial charge in [0, 0.05) is 57.5 Å². The third-order valence-corrected chi connectivity index (χ3v) is 6.62. The highest BCUT2D eigenvalue weighted by molar-refractivity contribution is 6.51. The van der Waals surface area contributed by atoms with E-state index in [9.17, 15) is 14.4 Å². The maximum Gasteiger partial charge on any atom is 0.332 e. The second-order valence-corrected chi connectivity index (χ2v) is 9.07. The lowest BCUT2D eigenvalue weighted by Crippen LogP contribution is -2.17. The average molecular weight is 503 g/mol. The fourth-order valence-corrected chi connectivity index (χ4v) is 4.78. The molecule has 38 heavy (non-hydrogen) atoms. The number of oxime groups is 1. The van der Waals surface area contributed by atoms with E-state index < -0.39 is 5.97 Å². The molecule has 0 spiro atoms. The molecule has 0 unspecified atom stereocenters. The quantitative estimate of drug-likeness (QED) is 0.110. The molecular weight excluding hydrogens is 476 g/mol. The molecule has 0 bridgehead atoms. The molecule has 5 rings (SSSR count). The first-order valence-corrected chi connectivity index (χ1v) is 12.4. The van der Waals surface area contributed by atoms with E-state index >= 15 is 0 Å². The minimum atomic E-state index is -0.612. The van der Waals surface area contributed by atoms with Crippen LogP contribution in [0.4, 0.5) is 0 Å². The standard InChI is InChI=1S/C32H26N2O4/c1-4-34-28-16-14-23(31(36)25-13-9-8-10-20(25)2)18-26(28)27-19-24(15-17-29(27)34)32(37)30(33-38-21(3)35)22-11-6-5-7-12-22/h5-19H,4H2,1-3H3. The SMILES string of the molecule is CCn1c2ccc(C(=O)C(=NOC(C)=O)c3ccccc3)cc2c2cc(C(=O)c3ccccc3C)ccc21. The van der Waals surface area contributed by atoms with Gasteiger partial charge in [-0.05, 0) is 55.8 Å². The van der Waals surface area contributed by atoms with Crippen molar-refractivity contribution in [3.8, 4) is 0 Å². The number of nitrogens with zero attached hydrogens (tertiary/aromatic N) is 2. The molecule has 0 aliphatic rings. The third kappa shape index (κ3) is 4.52. The fraction of sp³-hybridized carbons (Fsp3) is 0.125. The lowest BCUT2D eigenvalue weighted by Gasteiger charge is -2.07. The number of carbonyl (C=O) groups is 3. The van der Waals surface area contributed by atoms with Crippen LogP contribution in [-0.4, -0.2) is 27.8 Å². The van der Waals surface area contributed by atoms with Gasteiger partial charge in [-0.15, -0.1) is 0 Å². The van der Waals surface area contributed by atoms with Crippen molar-refractivity contribution in [2.75, 3.05) is 0 Å². The second-order valence-electron chi connectivity index (χ2n) is 9.07. The second kappa shape index (κ2) is 10.3. The van der Waals surface area contributed by atoms with Crippen molar-refractivity contribution >= 4 is 45.1 Å². The molecule has 1 aromatic heterocycles. The summed E-state index contributed by atoms with van der Waals surface area (Å²) < 4.78 is 2.16. The van der Waals surface area contributed by atoms with Gasteiger partial charge in [-0.2, -0.15) is 0 Å². The first-order chi connectivity index (χ1) is 18.4. The molecule has 6 nitrogen and oxygen atoms in total. The Balaban J connectivity index is 1.65. The number of ketones is 2. The van der Waals surface area contributed by atoms with E-state index in [4.69, 9.17) is 4.84 Å². The summed E-state index contributed by atoms with van der Waals surface area (Å²) in [5, 5.41) is 5.62.